The summed E-state index contributed by atoms with van der Waals surface area (Å²) in [5.41, 5.74) is 0. The van der Waals surface area contributed by atoms with E-state index in [1.165, 1.54) is 6.08 Å². The first-order valence-corrected chi connectivity index (χ1v) is 6.50. The van der Waals surface area contributed by atoms with E-state index in [0.717, 1.165) is 29.8 Å². The number of rotatable bonds is 5. The van der Waals surface area contributed by atoms with E-state index in [1.807, 2.05) is 6.92 Å². The lowest BCUT2D eigenvalue weighted by atomic mass is 10.4. The highest BCUT2D eigenvalue weighted by molar-refractivity contribution is 8.04. The molecular formula is C12H13N3O3S. The molecule has 0 radical (unpaired) electrons. The summed E-state index contributed by atoms with van der Waals surface area (Å²) in [6.07, 6.45) is 2.18. The van der Waals surface area contributed by atoms with Crippen LogP contribution in [-0.4, -0.2) is 26.3 Å². The number of aromatic nitrogens is 3. The van der Waals surface area contributed by atoms with Crippen molar-refractivity contribution in [3.8, 4) is 0 Å². The van der Waals surface area contributed by atoms with Gasteiger partial charge in [0.25, 0.3) is 0 Å². The molecule has 0 spiro atoms. The summed E-state index contributed by atoms with van der Waals surface area (Å²) in [4.78, 5) is 15.5. The quantitative estimate of drug-likeness (QED) is 0.645. The summed E-state index contributed by atoms with van der Waals surface area (Å²) in [7, 11) is 0. The van der Waals surface area contributed by atoms with Gasteiger partial charge in [0, 0.05) is 12.5 Å². The Labute approximate surface area is 113 Å². The van der Waals surface area contributed by atoms with Crippen LogP contribution in [0.2, 0.25) is 0 Å². The largest absolute Gasteiger partial charge is 0.477 e. The fraction of sp³-hybridized carbons (Fsp3) is 0.250. The van der Waals surface area contributed by atoms with E-state index in [9.17, 15) is 9.90 Å². The highest BCUT2D eigenvalue weighted by Gasteiger charge is 2.14. The van der Waals surface area contributed by atoms with Gasteiger partial charge in [0.05, 0.1) is 0 Å². The van der Waals surface area contributed by atoms with E-state index >= 15 is 0 Å². The van der Waals surface area contributed by atoms with Crippen molar-refractivity contribution in [2.24, 2.45) is 0 Å². The molecule has 6 nitrogen and oxygen atoms in total. The summed E-state index contributed by atoms with van der Waals surface area (Å²) >= 11 is 0.985. The lowest BCUT2D eigenvalue weighted by Crippen LogP contribution is -1.97. The van der Waals surface area contributed by atoms with Gasteiger partial charge >= 0.3 is 5.97 Å². The molecule has 0 aliphatic carbocycles. The Balaban J connectivity index is 2.21. The maximum absolute atomic E-state index is 11.2. The molecule has 0 atom stereocenters. The zero-order valence-corrected chi connectivity index (χ0v) is 11.3. The number of carboxylic acids is 1. The zero-order valence-electron chi connectivity index (χ0n) is 10.5. The third kappa shape index (κ3) is 3.47. The predicted octanol–water partition coefficient (Wildman–Crippen LogP) is 2.49. The number of carboxylic acid groups (broad SMARTS) is 1. The summed E-state index contributed by atoms with van der Waals surface area (Å²) < 4.78 is 5.33. The molecule has 2 N–H and O–H groups in total. The molecule has 0 amide bonds. The molecule has 0 unspecified atom stereocenters. The van der Waals surface area contributed by atoms with Gasteiger partial charge in [-0.25, -0.2) is 9.78 Å². The number of nitrogens with one attached hydrogen (secondary N) is 1. The Hall–Kier alpha value is -2.02. The van der Waals surface area contributed by atoms with Crippen molar-refractivity contribution in [3.63, 3.8) is 0 Å². The van der Waals surface area contributed by atoms with Crippen LogP contribution in [0.25, 0.3) is 6.08 Å². The summed E-state index contributed by atoms with van der Waals surface area (Å²) in [5.74, 6) is 0.906. The SMILES string of the molecule is CCc1nc(S/C(=C/c2ccc(C)o2)C(=O)O)n[nH]1. The highest BCUT2D eigenvalue weighted by Crippen LogP contribution is 2.26. The molecule has 0 aromatic carbocycles. The average Bonchev–Trinajstić information content (AvgIpc) is 2.97. The molecule has 100 valence electrons. The minimum atomic E-state index is -1.04. The van der Waals surface area contributed by atoms with Crippen molar-refractivity contribution < 1.29 is 14.3 Å². The van der Waals surface area contributed by atoms with Crippen LogP contribution in [0.15, 0.2) is 26.6 Å². The van der Waals surface area contributed by atoms with Crippen LogP contribution >= 0.6 is 11.8 Å². The first kappa shape index (κ1) is 13.4. The summed E-state index contributed by atoms with van der Waals surface area (Å²) in [6.45, 7) is 3.74. The van der Waals surface area contributed by atoms with Crippen LogP contribution in [0.1, 0.15) is 24.3 Å². The number of furan rings is 1. The van der Waals surface area contributed by atoms with E-state index in [0.29, 0.717) is 10.9 Å². The van der Waals surface area contributed by atoms with Crippen molar-refractivity contribution >= 4 is 23.8 Å². The predicted molar refractivity (Wildman–Crippen MR) is 70.7 cm³/mol. The molecule has 0 bridgehead atoms. The first-order valence-electron chi connectivity index (χ1n) is 5.69. The third-order valence-corrected chi connectivity index (χ3v) is 3.17. The van der Waals surface area contributed by atoms with E-state index in [1.54, 1.807) is 19.1 Å². The first-order chi connectivity index (χ1) is 9.08. The monoisotopic (exact) mass is 279 g/mol. The maximum atomic E-state index is 11.2. The third-order valence-electron chi connectivity index (χ3n) is 2.29. The van der Waals surface area contributed by atoms with Crippen LogP contribution in [-0.2, 0) is 11.2 Å². The van der Waals surface area contributed by atoms with Gasteiger partial charge in [-0.15, -0.1) is 5.10 Å². The Morgan fingerprint density at radius 1 is 1.58 bits per heavy atom. The van der Waals surface area contributed by atoms with E-state index in [4.69, 9.17) is 4.42 Å². The standard InChI is InChI=1S/C12H13N3O3S/c1-3-10-13-12(15-14-10)19-9(11(16)17)6-8-5-4-7(2)18-8/h4-6H,3H2,1-2H3,(H,16,17)(H,13,14,15)/b9-6+. The Morgan fingerprint density at radius 3 is 2.89 bits per heavy atom. The van der Waals surface area contributed by atoms with E-state index < -0.39 is 5.97 Å². The topological polar surface area (TPSA) is 92.0 Å². The van der Waals surface area contributed by atoms with E-state index in [-0.39, 0.29) is 4.91 Å². The summed E-state index contributed by atoms with van der Waals surface area (Å²) in [6, 6.07) is 3.49. The molecule has 19 heavy (non-hydrogen) atoms. The van der Waals surface area contributed by atoms with E-state index in [2.05, 4.69) is 15.2 Å². The number of aryl methyl sites for hydroxylation is 2. The normalized spacial score (nSPS) is 11.8. The maximum Gasteiger partial charge on any atom is 0.342 e. The fourth-order valence-electron chi connectivity index (χ4n) is 1.37. The number of hydrogen-bond donors (Lipinski definition) is 2. The molecular weight excluding hydrogens is 266 g/mol. The number of aromatic amines is 1. The molecule has 2 aromatic rings. The minimum absolute atomic E-state index is 0.107. The van der Waals surface area contributed by atoms with Gasteiger partial charge in [0.15, 0.2) is 0 Å². The number of aliphatic carboxylic acids is 1. The zero-order chi connectivity index (χ0) is 13.8. The smallest absolute Gasteiger partial charge is 0.342 e. The number of thioether (sulfide) groups is 1. The molecule has 0 aliphatic rings. The molecule has 0 saturated carbocycles. The lowest BCUT2D eigenvalue weighted by Gasteiger charge is -1.97. The number of H-pyrrole nitrogens is 1. The Bertz CT molecular complexity index is 615. The number of nitrogens with zero attached hydrogens (tertiary/aromatic N) is 2. The molecule has 0 saturated heterocycles. The molecule has 0 fully saturated rings. The molecule has 2 aromatic heterocycles. The molecule has 2 rings (SSSR count). The van der Waals surface area contributed by atoms with Crippen molar-refractivity contribution in [1.82, 2.24) is 15.2 Å². The van der Waals surface area contributed by atoms with Gasteiger partial charge in [-0.3, -0.25) is 5.10 Å². The highest BCUT2D eigenvalue weighted by atomic mass is 32.2. The second-order valence-electron chi connectivity index (χ2n) is 3.78. The molecule has 0 aliphatic heterocycles. The molecule has 7 heteroatoms. The second-order valence-corrected chi connectivity index (χ2v) is 4.79. The van der Waals surface area contributed by atoms with Gasteiger partial charge in [0.2, 0.25) is 5.16 Å². The Kier molecular flexibility index (Phi) is 4.06. The average molecular weight is 279 g/mol. The molecule has 2 heterocycles. The fourth-order valence-corrected chi connectivity index (χ4v) is 2.08. The van der Waals surface area contributed by atoms with Crippen molar-refractivity contribution in [2.75, 3.05) is 0 Å². The van der Waals surface area contributed by atoms with Gasteiger partial charge in [-0.05, 0) is 30.8 Å². The minimum Gasteiger partial charge on any atom is -0.477 e. The second kappa shape index (κ2) is 5.75. The van der Waals surface area contributed by atoms with Crippen molar-refractivity contribution in [3.05, 3.63) is 34.4 Å². The van der Waals surface area contributed by atoms with Crippen LogP contribution < -0.4 is 0 Å². The van der Waals surface area contributed by atoms with Crippen LogP contribution in [0.5, 0.6) is 0 Å². The van der Waals surface area contributed by atoms with Gasteiger partial charge in [0.1, 0.15) is 22.3 Å². The van der Waals surface area contributed by atoms with Crippen molar-refractivity contribution in [2.45, 2.75) is 25.4 Å². The summed E-state index contributed by atoms with van der Waals surface area (Å²) in [5, 5.41) is 16.2. The van der Waals surface area contributed by atoms with Crippen LogP contribution in [0, 0.1) is 6.92 Å². The Morgan fingerprint density at radius 2 is 2.37 bits per heavy atom. The number of carbonyl (C=O) groups is 1. The number of hydrogen-bond acceptors (Lipinski definition) is 5. The van der Waals surface area contributed by atoms with Gasteiger partial charge in [-0.2, -0.15) is 0 Å². The van der Waals surface area contributed by atoms with Crippen LogP contribution in [0.4, 0.5) is 0 Å². The van der Waals surface area contributed by atoms with Crippen LogP contribution in [0.3, 0.4) is 0 Å². The van der Waals surface area contributed by atoms with Crippen molar-refractivity contribution in [1.29, 1.82) is 0 Å². The lowest BCUT2D eigenvalue weighted by molar-refractivity contribution is -0.131. The van der Waals surface area contributed by atoms with Gasteiger partial charge in [-0.1, -0.05) is 6.92 Å². The van der Waals surface area contributed by atoms with Gasteiger partial charge < -0.3 is 9.52 Å².